The second-order valence-corrected chi connectivity index (χ2v) is 4.52. The molecule has 1 aliphatic heterocycles. The summed E-state index contributed by atoms with van der Waals surface area (Å²) in [6, 6.07) is 0. The highest BCUT2D eigenvalue weighted by atomic mass is 15.1. The van der Waals surface area contributed by atoms with Crippen LogP contribution in [0, 0.1) is 5.92 Å². The normalized spacial score (nSPS) is 18.3. The molecule has 0 aliphatic carbocycles. The van der Waals surface area contributed by atoms with Gasteiger partial charge in [-0.25, -0.2) is 0 Å². The summed E-state index contributed by atoms with van der Waals surface area (Å²) in [4.78, 5) is 2.51. The van der Waals surface area contributed by atoms with E-state index in [1.807, 2.05) is 32.1 Å². The Morgan fingerprint density at radius 3 is 2.28 bits per heavy atom. The van der Waals surface area contributed by atoms with Crippen LogP contribution >= 0.6 is 0 Å². The van der Waals surface area contributed by atoms with Gasteiger partial charge in [-0.2, -0.15) is 0 Å². The van der Waals surface area contributed by atoms with E-state index in [9.17, 15) is 0 Å². The van der Waals surface area contributed by atoms with Crippen molar-refractivity contribution >= 4 is 0 Å². The van der Waals surface area contributed by atoms with Crippen LogP contribution in [-0.4, -0.2) is 24.5 Å². The van der Waals surface area contributed by atoms with Crippen molar-refractivity contribution in [3.8, 4) is 0 Å². The van der Waals surface area contributed by atoms with Crippen LogP contribution in [0.1, 0.15) is 33.6 Å². The molecule has 1 aliphatic rings. The summed E-state index contributed by atoms with van der Waals surface area (Å²) in [5.74, 6) is 0.896. The molecule has 1 fully saturated rings. The van der Waals surface area contributed by atoms with E-state index in [4.69, 9.17) is 0 Å². The molecule has 0 aromatic heterocycles. The van der Waals surface area contributed by atoms with E-state index in [1.54, 1.807) is 6.08 Å². The second kappa shape index (κ2) is 11.0. The number of hydrogen-bond donors (Lipinski definition) is 0. The van der Waals surface area contributed by atoms with Crippen molar-refractivity contribution < 1.29 is 0 Å². The maximum Gasteiger partial charge on any atom is 0.0233 e. The predicted octanol–water partition coefficient (Wildman–Crippen LogP) is 4.60. The van der Waals surface area contributed by atoms with Crippen LogP contribution in [-0.2, 0) is 0 Å². The minimum atomic E-state index is 0.896. The van der Waals surface area contributed by atoms with Gasteiger partial charge in [-0.3, -0.25) is 4.90 Å². The molecule has 0 bridgehead atoms. The van der Waals surface area contributed by atoms with Gasteiger partial charge in [-0.05, 0) is 37.4 Å². The van der Waals surface area contributed by atoms with Gasteiger partial charge in [0.15, 0.2) is 0 Å². The van der Waals surface area contributed by atoms with Crippen molar-refractivity contribution in [3.05, 3.63) is 49.1 Å². The van der Waals surface area contributed by atoms with Crippen LogP contribution in [0.25, 0.3) is 0 Å². The van der Waals surface area contributed by atoms with Gasteiger partial charge in [0.2, 0.25) is 0 Å². The van der Waals surface area contributed by atoms with E-state index >= 15 is 0 Å². The van der Waals surface area contributed by atoms with Crippen molar-refractivity contribution in [1.82, 2.24) is 4.90 Å². The Balaban J connectivity index is 0.00000137. The third kappa shape index (κ3) is 7.29. The molecule has 0 unspecified atom stereocenters. The SMILES string of the molecule is C=C/C=C\C=C(/C=C)CN1CCC(C)CC1.CC. The highest BCUT2D eigenvalue weighted by molar-refractivity contribution is 5.24. The van der Waals surface area contributed by atoms with E-state index in [-0.39, 0.29) is 0 Å². The van der Waals surface area contributed by atoms with Gasteiger partial charge in [0.25, 0.3) is 0 Å². The van der Waals surface area contributed by atoms with Gasteiger partial charge >= 0.3 is 0 Å². The summed E-state index contributed by atoms with van der Waals surface area (Å²) < 4.78 is 0. The highest BCUT2D eigenvalue weighted by Gasteiger charge is 2.15. The van der Waals surface area contributed by atoms with Gasteiger partial charge in [-0.1, -0.05) is 64.3 Å². The third-order valence-electron chi connectivity index (χ3n) is 3.10. The molecule has 1 heterocycles. The summed E-state index contributed by atoms with van der Waals surface area (Å²) in [6.07, 6.45) is 12.5. The highest BCUT2D eigenvalue weighted by Crippen LogP contribution is 2.17. The van der Waals surface area contributed by atoms with E-state index in [0.717, 1.165) is 12.5 Å². The lowest BCUT2D eigenvalue weighted by molar-refractivity contribution is 0.207. The van der Waals surface area contributed by atoms with E-state index in [2.05, 4.69) is 31.1 Å². The Kier molecular flexibility index (Phi) is 10.4. The first-order valence-corrected chi connectivity index (χ1v) is 7.09. The van der Waals surface area contributed by atoms with Gasteiger partial charge < -0.3 is 0 Å². The molecule has 0 aromatic carbocycles. The Labute approximate surface area is 114 Å². The minimum Gasteiger partial charge on any atom is -0.299 e. The Morgan fingerprint density at radius 1 is 1.17 bits per heavy atom. The van der Waals surface area contributed by atoms with Gasteiger partial charge in [0, 0.05) is 6.54 Å². The predicted molar refractivity (Wildman–Crippen MR) is 83.8 cm³/mol. The van der Waals surface area contributed by atoms with Crippen LogP contribution in [0.15, 0.2) is 49.1 Å². The fourth-order valence-electron chi connectivity index (χ4n) is 1.92. The van der Waals surface area contributed by atoms with Crippen LogP contribution in [0.4, 0.5) is 0 Å². The number of rotatable bonds is 5. The quantitative estimate of drug-likeness (QED) is 0.642. The van der Waals surface area contributed by atoms with E-state index in [1.165, 1.54) is 31.5 Å². The number of likely N-dealkylation sites (tertiary alicyclic amines) is 1. The summed E-state index contributed by atoms with van der Waals surface area (Å²) >= 11 is 0. The first-order chi connectivity index (χ1) is 8.76. The average molecular weight is 247 g/mol. The van der Waals surface area contributed by atoms with Crippen molar-refractivity contribution in [2.75, 3.05) is 19.6 Å². The monoisotopic (exact) mass is 247 g/mol. The van der Waals surface area contributed by atoms with Crippen LogP contribution in [0.3, 0.4) is 0 Å². The molecule has 1 saturated heterocycles. The molecule has 102 valence electrons. The maximum absolute atomic E-state index is 3.87. The number of nitrogens with zero attached hydrogens (tertiary/aromatic N) is 1. The number of allylic oxidation sites excluding steroid dienone is 4. The lowest BCUT2D eigenvalue weighted by atomic mass is 9.99. The summed E-state index contributed by atoms with van der Waals surface area (Å²) in [7, 11) is 0. The zero-order valence-corrected chi connectivity index (χ0v) is 12.4. The minimum absolute atomic E-state index is 0.896. The van der Waals surface area contributed by atoms with Crippen LogP contribution in [0.2, 0.25) is 0 Å². The van der Waals surface area contributed by atoms with Crippen molar-refractivity contribution in [3.63, 3.8) is 0 Å². The van der Waals surface area contributed by atoms with Crippen molar-refractivity contribution in [2.45, 2.75) is 33.6 Å². The van der Waals surface area contributed by atoms with Crippen LogP contribution in [0.5, 0.6) is 0 Å². The van der Waals surface area contributed by atoms with Crippen molar-refractivity contribution in [2.24, 2.45) is 5.92 Å². The third-order valence-corrected chi connectivity index (χ3v) is 3.10. The molecule has 0 atom stereocenters. The maximum atomic E-state index is 3.87. The standard InChI is InChI=1S/C15H23N.C2H6/c1-4-6-7-8-15(5-2)13-16-11-9-14(3)10-12-16;1-2/h4-8,14H,1-2,9-13H2,3H3;1-2H3/b7-6-,15-8+;. The fraction of sp³-hybridized carbons (Fsp3) is 0.529. The summed E-state index contributed by atoms with van der Waals surface area (Å²) in [6.45, 7) is 17.3. The zero-order valence-electron chi connectivity index (χ0n) is 12.4. The fourth-order valence-corrected chi connectivity index (χ4v) is 1.92. The first-order valence-electron chi connectivity index (χ1n) is 7.09. The van der Waals surface area contributed by atoms with E-state index in [0.29, 0.717) is 0 Å². The first kappa shape index (κ1) is 16.9. The molecular weight excluding hydrogens is 218 g/mol. The molecule has 0 N–H and O–H groups in total. The Morgan fingerprint density at radius 2 is 1.78 bits per heavy atom. The average Bonchev–Trinajstić information content (AvgIpc) is 2.42. The Bertz CT molecular complexity index is 278. The molecular formula is C17H29N. The largest absolute Gasteiger partial charge is 0.299 e. The molecule has 0 saturated carbocycles. The molecule has 0 spiro atoms. The molecule has 1 heteroatoms. The molecule has 1 nitrogen and oxygen atoms in total. The Hall–Kier alpha value is -1.08. The summed E-state index contributed by atoms with van der Waals surface area (Å²) in [5.41, 5.74) is 1.28. The number of hydrogen-bond acceptors (Lipinski definition) is 1. The molecule has 18 heavy (non-hydrogen) atoms. The topological polar surface area (TPSA) is 3.24 Å². The summed E-state index contributed by atoms with van der Waals surface area (Å²) in [5, 5.41) is 0. The van der Waals surface area contributed by atoms with Crippen molar-refractivity contribution in [1.29, 1.82) is 0 Å². The van der Waals surface area contributed by atoms with Gasteiger partial charge in [0.1, 0.15) is 0 Å². The van der Waals surface area contributed by atoms with Crippen LogP contribution < -0.4 is 0 Å². The molecule has 0 amide bonds. The van der Waals surface area contributed by atoms with Gasteiger partial charge in [-0.15, -0.1) is 0 Å². The second-order valence-electron chi connectivity index (χ2n) is 4.52. The van der Waals surface area contributed by atoms with Gasteiger partial charge in [0.05, 0.1) is 0 Å². The molecule has 1 rings (SSSR count). The lowest BCUT2D eigenvalue weighted by Crippen LogP contribution is -2.34. The smallest absolute Gasteiger partial charge is 0.0233 e. The number of piperidine rings is 1. The molecule has 0 radical (unpaired) electrons. The lowest BCUT2D eigenvalue weighted by Gasteiger charge is -2.30. The van der Waals surface area contributed by atoms with E-state index < -0.39 is 0 Å². The zero-order chi connectivity index (χ0) is 13.8. The molecule has 0 aromatic rings.